The maximum atomic E-state index is 13.9. The van der Waals surface area contributed by atoms with Crippen molar-refractivity contribution in [2.45, 2.75) is 37.4 Å². The van der Waals surface area contributed by atoms with Gasteiger partial charge in [-0.2, -0.15) is 0 Å². The lowest BCUT2D eigenvalue weighted by atomic mass is 9.75. The third kappa shape index (κ3) is 2.76. The maximum Gasteiger partial charge on any atom is 0.126 e. The topological polar surface area (TPSA) is 6.48 Å². The summed E-state index contributed by atoms with van der Waals surface area (Å²) in [6, 6.07) is 15.5. The Hall–Kier alpha value is -1.78. The fraction of sp³-hybridized carbons (Fsp3) is 0.455. The van der Waals surface area contributed by atoms with Crippen molar-refractivity contribution in [2.24, 2.45) is 5.92 Å². The van der Waals surface area contributed by atoms with Crippen LogP contribution < -0.4 is 0 Å². The number of hydrogen-bond donors (Lipinski definition) is 0. The molecule has 136 valence electrons. The molecule has 0 unspecified atom stereocenters. The molecule has 2 aromatic carbocycles. The molecule has 4 fully saturated rings. The van der Waals surface area contributed by atoms with Crippen LogP contribution in [0.25, 0.3) is 0 Å². The smallest absolute Gasteiger partial charge is 0.126 e. The van der Waals surface area contributed by atoms with E-state index in [1.807, 2.05) is 6.07 Å². The van der Waals surface area contributed by atoms with E-state index in [0.29, 0.717) is 18.0 Å². The molecule has 2 bridgehead atoms. The molecule has 0 aromatic heterocycles. The molecule has 0 aliphatic carbocycles. The molecule has 3 atom stereocenters. The Morgan fingerprint density at radius 2 is 1.58 bits per heavy atom. The molecule has 2 aromatic rings. The quantitative estimate of drug-likeness (QED) is 0.821. The summed E-state index contributed by atoms with van der Waals surface area (Å²) in [5.74, 6) is -0.0443. The molecule has 4 heterocycles. The zero-order chi connectivity index (χ0) is 17.7. The van der Waals surface area contributed by atoms with Gasteiger partial charge in [-0.1, -0.05) is 30.3 Å². The minimum atomic E-state index is -0.464. The molecule has 0 N–H and O–H groups in total. The third-order valence-electron chi connectivity index (χ3n) is 6.64. The first-order valence-corrected chi connectivity index (χ1v) is 9.67. The van der Waals surface area contributed by atoms with Crippen LogP contribution in [0.15, 0.2) is 48.5 Å². The number of hydrogen-bond acceptors (Lipinski definition) is 2. The first kappa shape index (κ1) is 16.4. The van der Waals surface area contributed by atoms with Crippen LogP contribution in [0, 0.1) is 17.6 Å². The van der Waals surface area contributed by atoms with Gasteiger partial charge in [-0.15, -0.1) is 0 Å². The summed E-state index contributed by atoms with van der Waals surface area (Å²) in [6.07, 6.45) is 2.49. The van der Waals surface area contributed by atoms with Gasteiger partial charge in [-0.25, -0.2) is 8.78 Å². The number of likely N-dealkylation sites (tertiary alicyclic amines) is 1. The highest BCUT2D eigenvalue weighted by molar-refractivity contribution is 5.29. The van der Waals surface area contributed by atoms with Crippen molar-refractivity contribution in [3.05, 3.63) is 71.3 Å². The van der Waals surface area contributed by atoms with Crippen LogP contribution in [-0.2, 0) is 6.54 Å². The summed E-state index contributed by atoms with van der Waals surface area (Å²) < 4.78 is 27.7. The highest BCUT2D eigenvalue weighted by Crippen LogP contribution is 2.47. The lowest BCUT2D eigenvalue weighted by molar-refractivity contribution is -0.00871. The number of piperidine rings is 3. The van der Waals surface area contributed by atoms with Crippen molar-refractivity contribution >= 4 is 0 Å². The summed E-state index contributed by atoms with van der Waals surface area (Å²) in [5, 5.41) is 0. The van der Waals surface area contributed by atoms with Crippen LogP contribution in [0.2, 0.25) is 0 Å². The largest absolute Gasteiger partial charge is 0.298 e. The second kappa shape index (κ2) is 6.43. The van der Waals surface area contributed by atoms with E-state index in [-0.39, 0.29) is 5.92 Å². The molecular weight excluding hydrogens is 330 g/mol. The summed E-state index contributed by atoms with van der Waals surface area (Å²) in [7, 11) is 0. The Kier molecular flexibility index (Phi) is 4.06. The van der Waals surface area contributed by atoms with E-state index >= 15 is 0 Å². The number of nitrogens with zero attached hydrogens (tertiary/aromatic N) is 2. The molecule has 6 rings (SSSR count). The molecule has 4 aliphatic heterocycles. The summed E-state index contributed by atoms with van der Waals surface area (Å²) in [4.78, 5) is 5.15. The highest BCUT2D eigenvalue weighted by Gasteiger charge is 2.53. The van der Waals surface area contributed by atoms with Gasteiger partial charge in [0.1, 0.15) is 11.6 Å². The van der Waals surface area contributed by atoms with E-state index in [1.165, 1.54) is 18.4 Å². The molecule has 0 saturated carbocycles. The van der Waals surface area contributed by atoms with Gasteiger partial charge in [-0.05, 0) is 55.1 Å². The van der Waals surface area contributed by atoms with Gasteiger partial charge in [0.25, 0.3) is 0 Å². The van der Waals surface area contributed by atoms with Gasteiger partial charge in [0, 0.05) is 37.2 Å². The predicted molar refractivity (Wildman–Crippen MR) is 97.8 cm³/mol. The lowest BCUT2D eigenvalue weighted by Crippen LogP contribution is -2.59. The molecule has 0 amide bonds. The van der Waals surface area contributed by atoms with E-state index < -0.39 is 11.6 Å². The molecule has 2 nitrogen and oxygen atoms in total. The molecule has 4 heteroatoms. The van der Waals surface area contributed by atoms with Crippen molar-refractivity contribution in [3.63, 3.8) is 0 Å². The van der Waals surface area contributed by atoms with E-state index in [0.717, 1.165) is 37.8 Å². The minimum Gasteiger partial charge on any atom is -0.298 e. The number of rotatable bonds is 3. The fourth-order valence-electron chi connectivity index (χ4n) is 5.62. The number of benzene rings is 2. The Morgan fingerprint density at radius 3 is 2.27 bits per heavy atom. The normalized spacial score (nSPS) is 33.4. The second-order valence-corrected chi connectivity index (χ2v) is 8.08. The van der Waals surface area contributed by atoms with E-state index in [9.17, 15) is 8.78 Å². The Balaban J connectivity index is 1.50. The van der Waals surface area contributed by atoms with Gasteiger partial charge in [0.05, 0.1) is 0 Å². The molecular formula is C22H24F2N2. The first-order valence-electron chi connectivity index (χ1n) is 9.67. The summed E-state index contributed by atoms with van der Waals surface area (Å²) in [6.45, 7) is 4.04. The SMILES string of the molecule is Fc1cc(F)cc([C@H]2CN(Cc3ccccc3)[C@@H]3C4CCN(CC4)[C@H]23)c1. The summed E-state index contributed by atoms with van der Waals surface area (Å²) in [5.41, 5.74) is 2.13. The number of halogens is 2. The monoisotopic (exact) mass is 354 g/mol. The van der Waals surface area contributed by atoms with Crippen LogP contribution >= 0.6 is 0 Å². The Morgan fingerprint density at radius 1 is 0.885 bits per heavy atom. The van der Waals surface area contributed by atoms with Crippen molar-refractivity contribution in [3.8, 4) is 0 Å². The van der Waals surface area contributed by atoms with Crippen molar-refractivity contribution < 1.29 is 8.78 Å². The van der Waals surface area contributed by atoms with Crippen LogP contribution in [0.5, 0.6) is 0 Å². The van der Waals surface area contributed by atoms with Gasteiger partial charge in [-0.3, -0.25) is 9.80 Å². The minimum absolute atomic E-state index is 0.178. The maximum absolute atomic E-state index is 13.9. The molecule has 0 radical (unpaired) electrons. The van der Waals surface area contributed by atoms with E-state index in [1.54, 1.807) is 12.1 Å². The van der Waals surface area contributed by atoms with Crippen LogP contribution in [0.1, 0.15) is 29.9 Å². The Bertz CT molecular complexity index is 766. The third-order valence-corrected chi connectivity index (χ3v) is 6.64. The van der Waals surface area contributed by atoms with E-state index in [4.69, 9.17) is 0 Å². The van der Waals surface area contributed by atoms with Crippen molar-refractivity contribution in [1.82, 2.24) is 9.80 Å². The molecule has 4 saturated heterocycles. The average molecular weight is 354 g/mol. The second-order valence-electron chi connectivity index (χ2n) is 8.08. The lowest BCUT2D eigenvalue weighted by Gasteiger charge is -2.51. The van der Waals surface area contributed by atoms with Crippen molar-refractivity contribution in [1.29, 1.82) is 0 Å². The zero-order valence-electron chi connectivity index (χ0n) is 14.8. The molecule has 26 heavy (non-hydrogen) atoms. The van der Waals surface area contributed by atoms with Gasteiger partial charge in [0.2, 0.25) is 0 Å². The average Bonchev–Trinajstić information content (AvgIpc) is 3.04. The van der Waals surface area contributed by atoms with Gasteiger partial charge < -0.3 is 0 Å². The summed E-state index contributed by atoms with van der Waals surface area (Å²) >= 11 is 0. The highest BCUT2D eigenvalue weighted by atomic mass is 19.1. The molecule has 4 aliphatic rings. The fourth-order valence-corrected chi connectivity index (χ4v) is 5.62. The van der Waals surface area contributed by atoms with Gasteiger partial charge in [0.15, 0.2) is 0 Å². The van der Waals surface area contributed by atoms with Crippen LogP contribution in [0.4, 0.5) is 8.78 Å². The standard InChI is InChI=1S/C22H24F2N2/c23-18-10-17(11-19(24)12-18)20-14-26(13-15-4-2-1-3-5-15)21-16-6-8-25(9-7-16)22(20)21/h1-5,10-12,16,20-22H,6-9,13-14H2/t20-,21-,22-/m1/s1. The van der Waals surface area contributed by atoms with Crippen molar-refractivity contribution in [2.75, 3.05) is 19.6 Å². The van der Waals surface area contributed by atoms with Crippen LogP contribution in [0.3, 0.4) is 0 Å². The predicted octanol–water partition coefficient (Wildman–Crippen LogP) is 4.03. The zero-order valence-corrected chi connectivity index (χ0v) is 14.8. The first-order chi connectivity index (χ1) is 12.7. The molecule has 0 spiro atoms. The van der Waals surface area contributed by atoms with E-state index in [2.05, 4.69) is 34.1 Å². The Labute approximate surface area is 153 Å². The van der Waals surface area contributed by atoms with Crippen LogP contribution in [-0.4, -0.2) is 41.5 Å². The van der Waals surface area contributed by atoms with Gasteiger partial charge >= 0.3 is 0 Å². The number of fused-ring (bicyclic) bond motifs is 2.